The fourth-order valence-electron chi connectivity index (χ4n) is 4.83. The highest BCUT2D eigenvalue weighted by atomic mass is 79.9. The van der Waals surface area contributed by atoms with Crippen molar-refractivity contribution in [2.75, 3.05) is 37.8 Å². The van der Waals surface area contributed by atoms with Gasteiger partial charge in [0.1, 0.15) is 36.9 Å². The maximum atomic E-state index is 12.8. The third-order valence-corrected chi connectivity index (χ3v) is 7.56. The Balaban J connectivity index is 0.00000520. The van der Waals surface area contributed by atoms with Crippen LogP contribution in [0.4, 0.5) is 17.3 Å². The van der Waals surface area contributed by atoms with E-state index in [1.54, 1.807) is 31.5 Å². The van der Waals surface area contributed by atoms with Crippen LogP contribution in [-0.2, 0) is 11.4 Å². The number of hydrogen-bond donors (Lipinski definition) is 2. The molecule has 0 radical (unpaired) electrons. The number of ether oxygens (including phenoxy) is 1. The van der Waals surface area contributed by atoms with Crippen LogP contribution in [0.5, 0.6) is 5.75 Å². The van der Waals surface area contributed by atoms with Crippen molar-refractivity contribution in [3.05, 3.63) is 105 Å². The van der Waals surface area contributed by atoms with E-state index in [2.05, 4.69) is 63.3 Å². The summed E-state index contributed by atoms with van der Waals surface area (Å²) in [5.74, 6) is 6.57. The van der Waals surface area contributed by atoms with Gasteiger partial charge >= 0.3 is 5.82 Å². The molecule has 0 aliphatic carbocycles. The van der Waals surface area contributed by atoms with Gasteiger partial charge in [0, 0.05) is 23.3 Å². The number of nitrogens with one attached hydrogen (secondary N) is 2. The quantitative estimate of drug-likeness (QED) is 0.0726. The van der Waals surface area contributed by atoms with Crippen molar-refractivity contribution in [1.82, 2.24) is 19.9 Å². The number of fused-ring (bicyclic) bond motifs is 1. The number of carbonyl (C=O) groups is 1. The molecule has 15 heteroatoms. The molecule has 246 valence electrons. The molecule has 1 aliphatic heterocycles. The van der Waals surface area contributed by atoms with Crippen LogP contribution in [0.3, 0.4) is 0 Å². The molecule has 0 bridgehead atoms. The molecule has 1 aliphatic rings. The van der Waals surface area contributed by atoms with E-state index in [1.165, 1.54) is 12.4 Å². The van der Waals surface area contributed by atoms with Crippen LogP contribution >= 0.6 is 15.9 Å². The molecule has 0 atom stereocenters. The standard InChI is InChI=1S/C33H30BrN9O4.BrH/c1-4-8-23-15-22(33(40-23)42(45)46)19-43(2,3)14-7-10-31(44)41-30-17-26-28(18-36-30)37-21-38-32(26)39-24-11-12-29(27(34)16-24)47-20-25-9-5-6-13-35-25;/h5-7,9-13,16-18,21H,14-15,19-20H2,1-3H3,(H-,36,37,38,39,41,44);1H/b10-7+;. The zero-order valence-corrected chi connectivity index (χ0v) is 29.4. The lowest BCUT2D eigenvalue weighted by atomic mass is 10.1. The molecule has 0 saturated carbocycles. The Bertz CT molecular complexity index is 1990. The van der Waals surface area contributed by atoms with Gasteiger partial charge in [-0.15, -0.1) is 0 Å². The molecule has 13 nitrogen and oxygen atoms in total. The van der Waals surface area contributed by atoms with Gasteiger partial charge in [0.25, 0.3) is 0 Å². The van der Waals surface area contributed by atoms with Crippen molar-refractivity contribution in [3.8, 4) is 17.6 Å². The number of aromatic nitrogens is 4. The maximum Gasteiger partial charge on any atom is 0.369 e. The predicted octanol–water partition coefficient (Wildman–Crippen LogP) is 2.44. The van der Waals surface area contributed by atoms with Gasteiger partial charge in [0.15, 0.2) is 0 Å². The molecule has 1 aromatic carbocycles. The summed E-state index contributed by atoms with van der Waals surface area (Å²) < 4.78 is 7.03. The molecule has 4 aromatic rings. The highest BCUT2D eigenvalue weighted by Gasteiger charge is 2.32. The molecule has 48 heavy (non-hydrogen) atoms. The number of nitro groups is 1. The lowest BCUT2D eigenvalue weighted by Gasteiger charge is -2.28. The highest BCUT2D eigenvalue weighted by Crippen LogP contribution is 2.31. The van der Waals surface area contributed by atoms with Crippen molar-refractivity contribution in [2.24, 2.45) is 4.99 Å². The number of halogens is 2. The summed E-state index contributed by atoms with van der Waals surface area (Å²) in [7, 11) is 3.86. The van der Waals surface area contributed by atoms with Crippen molar-refractivity contribution < 1.29 is 35.9 Å². The summed E-state index contributed by atoms with van der Waals surface area (Å²) in [6, 6.07) is 13.0. The summed E-state index contributed by atoms with van der Waals surface area (Å²) in [4.78, 5) is 45.2. The second-order valence-corrected chi connectivity index (χ2v) is 12.0. The van der Waals surface area contributed by atoms with Gasteiger partial charge in [-0.25, -0.2) is 15.0 Å². The van der Waals surface area contributed by atoms with Crippen LogP contribution in [0, 0.1) is 22.0 Å². The molecular weight excluding hydrogens is 746 g/mol. The van der Waals surface area contributed by atoms with Gasteiger partial charge in [0.2, 0.25) is 11.6 Å². The first kappa shape index (κ1) is 35.8. The Labute approximate surface area is 295 Å². The third-order valence-electron chi connectivity index (χ3n) is 6.94. The summed E-state index contributed by atoms with van der Waals surface area (Å²) in [6.45, 7) is 2.85. The van der Waals surface area contributed by atoms with Crippen LogP contribution in [0.15, 0.2) is 94.2 Å². The average Bonchev–Trinajstić information content (AvgIpc) is 3.43. The van der Waals surface area contributed by atoms with E-state index in [4.69, 9.17) is 4.74 Å². The Morgan fingerprint density at radius 2 is 2.00 bits per heavy atom. The topological polar surface area (TPSA) is 157 Å². The first-order valence-electron chi connectivity index (χ1n) is 14.5. The summed E-state index contributed by atoms with van der Waals surface area (Å²) in [6.07, 6.45) is 8.22. The predicted molar refractivity (Wildman–Crippen MR) is 182 cm³/mol. The van der Waals surface area contributed by atoms with Crippen LogP contribution in [0.1, 0.15) is 19.0 Å². The second kappa shape index (κ2) is 16.2. The molecule has 4 heterocycles. The molecule has 5 rings (SSSR count). The smallest absolute Gasteiger partial charge is 0.369 e. The number of quaternary nitrogens is 1. The number of nitrogens with zero attached hydrogens (tertiary/aromatic N) is 7. The lowest BCUT2D eigenvalue weighted by molar-refractivity contribution is -0.880. The van der Waals surface area contributed by atoms with E-state index in [1.807, 2.05) is 50.5 Å². The molecule has 0 unspecified atom stereocenters. The Morgan fingerprint density at radius 1 is 1.17 bits per heavy atom. The number of anilines is 3. The molecule has 0 spiro atoms. The van der Waals surface area contributed by atoms with E-state index in [0.717, 1.165) is 15.9 Å². The first-order valence-corrected chi connectivity index (χ1v) is 15.3. The molecule has 0 fully saturated rings. The Kier molecular flexibility index (Phi) is 12.1. The molecule has 3 aromatic heterocycles. The van der Waals surface area contributed by atoms with Gasteiger partial charge in [-0.3, -0.25) is 9.78 Å². The number of rotatable bonds is 12. The number of carbonyl (C=O) groups excluding carboxylic acids is 1. The number of amides is 1. The minimum atomic E-state index is -0.471. The van der Waals surface area contributed by atoms with E-state index in [-0.39, 0.29) is 28.7 Å². The summed E-state index contributed by atoms with van der Waals surface area (Å²) in [5, 5.41) is 18.2. The van der Waals surface area contributed by atoms with Crippen LogP contribution in [0.25, 0.3) is 10.9 Å². The normalized spacial score (nSPS) is 12.6. The van der Waals surface area contributed by atoms with Crippen LogP contribution in [-0.4, -0.2) is 68.1 Å². The van der Waals surface area contributed by atoms with E-state index in [9.17, 15) is 14.9 Å². The number of hydrogen-bond acceptors (Lipinski definition) is 10. The monoisotopic (exact) mass is 775 g/mol. The highest BCUT2D eigenvalue weighted by molar-refractivity contribution is 9.10. The van der Waals surface area contributed by atoms with E-state index < -0.39 is 4.92 Å². The van der Waals surface area contributed by atoms with Gasteiger partial charge in [-0.1, -0.05) is 12.0 Å². The largest absolute Gasteiger partial charge is 1.00 e. The van der Waals surface area contributed by atoms with E-state index in [0.29, 0.717) is 70.2 Å². The van der Waals surface area contributed by atoms with Crippen molar-refractivity contribution in [3.63, 3.8) is 0 Å². The van der Waals surface area contributed by atoms with Crippen molar-refractivity contribution in [1.29, 1.82) is 0 Å². The fraction of sp³-hybridized carbons (Fsp3) is 0.212. The van der Waals surface area contributed by atoms with Crippen LogP contribution in [0.2, 0.25) is 0 Å². The number of pyridine rings is 2. The average molecular weight is 777 g/mol. The van der Waals surface area contributed by atoms with Gasteiger partial charge in [0.05, 0.1) is 54.5 Å². The lowest BCUT2D eigenvalue weighted by Crippen LogP contribution is -3.00. The van der Waals surface area contributed by atoms with Crippen LogP contribution < -0.4 is 32.4 Å². The molecule has 2 N–H and O–H groups in total. The summed E-state index contributed by atoms with van der Waals surface area (Å²) in [5.41, 5.74) is 3.27. The fourth-order valence-corrected chi connectivity index (χ4v) is 5.32. The third kappa shape index (κ3) is 9.50. The number of aliphatic imine (C=N–C) groups is 1. The maximum absolute atomic E-state index is 12.8. The first-order chi connectivity index (χ1) is 22.6. The molecule has 1 amide bonds. The molecular formula is C33H31Br2N9O4. The van der Waals surface area contributed by atoms with Crippen molar-refractivity contribution in [2.45, 2.75) is 20.0 Å². The zero-order valence-electron chi connectivity index (χ0n) is 26.3. The minimum Gasteiger partial charge on any atom is -1.00 e. The number of likely N-dealkylation sites (N-methyl/N-ethyl adjacent to an activating group) is 1. The van der Waals surface area contributed by atoms with Gasteiger partial charge in [-0.05, 0) is 81.2 Å². The van der Waals surface area contributed by atoms with Crippen molar-refractivity contribution >= 4 is 55.8 Å². The Hall–Kier alpha value is -5.04. The van der Waals surface area contributed by atoms with Gasteiger partial charge in [-0.2, -0.15) is 0 Å². The second-order valence-electron chi connectivity index (χ2n) is 11.2. The minimum absolute atomic E-state index is 0. The van der Waals surface area contributed by atoms with E-state index >= 15 is 0 Å². The summed E-state index contributed by atoms with van der Waals surface area (Å²) >= 11 is 3.57. The SMILES string of the molecule is CC#CC1=NC([N+](=O)[O-])=C(C[N+](C)(C)C/C=C/C(=O)Nc2cc3c(Nc4ccc(OCc5ccccn5)c(Br)c4)ncnc3cn2)C1.[Br-]. The molecule has 0 saturated heterocycles. The zero-order chi connectivity index (χ0) is 33.4. The number of benzene rings is 1. The van der Waals surface area contributed by atoms with Gasteiger partial charge < -0.3 is 46.9 Å². The Morgan fingerprint density at radius 3 is 2.73 bits per heavy atom.